The first-order valence-corrected chi connectivity index (χ1v) is 10.3. The number of rotatable bonds is 0. The lowest BCUT2D eigenvalue weighted by atomic mass is 9.55. The number of aliphatic hydroxyl groups is 1. The summed E-state index contributed by atoms with van der Waals surface area (Å²) < 4.78 is 0. The van der Waals surface area contributed by atoms with Gasteiger partial charge in [-0.3, -0.25) is 0 Å². The summed E-state index contributed by atoms with van der Waals surface area (Å²) in [4.78, 5) is 0. The van der Waals surface area contributed by atoms with Crippen LogP contribution in [0.1, 0.15) is 68.1 Å². The van der Waals surface area contributed by atoms with Crippen LogP contribution >= 0.6 is 0 Å². The fourth-order valence-electron chi connectivity index (χ4n) is 6.33. The quantitative estimate of drug-likeness (QED) is 0.708. The number of aliphatic hydroxyl groups excluding tert-OH is 1. The first-order chi connectivity index (χ1) is 12.6. The van der Waals surface area contributed by atoms with Crippen LogP contribution in [0.25, 0.3) is 0 Å². The van der Waals surface area contributed by atoms with Crippen molar-refractivity contribution in [2.45, 2.75) is 63.9 Å². The molecule has 5 rings (SSSR count). The zero-order chi connectivity index (χ0) is 17.9. The molecule has 2 nitrogen and oxygen atoms in total. The maximum atomic E-state index is 11.1. The highest BCUT2D eigenvalue weighted by molar-refractivity contribution is 5.46. The van der Waals surface area contributed by atoms with Crippen LogP contribution in [0.15, 0.2) is 18.2 Å². The van der Waals surface area contributed by atoms with E-state index in [-0.39, 0.29) is 17.4 Å². The van der Waals surface area contributed by atoms with Crippen molar-refractivity contribution in [3.8, 4) is 17.9 Å². The molecule has 1 aromatic rings. The van der Waals surface area contributed by atoms with Gasteiger partial charge in [0.1, 0.15) is 0 Å². The lowest BCUT2D eigenvalue weighted by Gasteiger charge is -2.50. The molecule has 3 fully saturated rings. The molecule has 3 unspecified atom stereocenters. The van der Waals surface area contributed by atoms with E-state index in [2.05, 4.69) is 37.0 Å². The van der Waals surface area contributed by atoms with Gasteiger partial charge in [-0.15, -0.1) is 0 Å². The van der Waals surface area contributed by atoms with E-state index in [1.54, 1.807) is 0 Å². The molecular weight excluding hydrogens is 318 g/mol. The molecule has 4 aliphatic carbocycles. The standard InChI is InChI=1S/C24H27NO/c1-24-12-11-20-19-4-2-3-17(14-25)18(19)9-10-21(20)22(24)13-16(23(24)26)8-7-15-5-6-15/h2-4,15-16,20-23,26H,5-6,9-13H2,1H3/t16-,20?,21?,22?,23+,24+/m1/s1. The van der Waals surface area contributed by atoms with E-state index >= 15 is 0 Å². The SMILES string of the molecule is C[C@]12CCC3c4cccc(C#N)c4CCC3C1C[C@@H](C#CC1CC1)[C@@H]2O. The molecule has 0 heterocycles. The molecule has 0 bridgehead atoms. The Bertz CT molecular complexity index is 836. The summed E-state index contributed by atoms with van der Waals surface area (Å²) in [6.07, 6.45) is 7.68. The molecule has 3 saturated carbocycles. The molecule has 1 N–H and O–H groups in total. The molecule has 0 spiro atoms. The highest BCUT2D eigenvalue weighted by Crippen LogP contribution is 2.62. The second-order valence-corrected chi connectivity index (χ2v) is 9.30. The summed E-state index contributed by atoms with van der Waals surface area (Å²) in [7, 11) is 0. The normalized spacial score (nSPS) is 40.4. The van der Waals surface area contributed by atoms with Gasteiger partial charge < -0.3 is 5.11 Å². The molecule has 134 valence electrons. The summed E-state index contributed by atoms with van der Waals surface area (Å²) in [5.74, 6) is 9.41. The Kier molecular flexibility index (Phi) is 3.70. The van der Waals surface area contributed by atoms with Gasteiger partial charge in [-0.25, -0.2) is 0 Å². The lowest BCUT2D eigenvalue weighted by Crippen LogP contribution is -2.44. The van der Waals surface area contributed by atoms with Crippen molar-refractivity contribution >= 4 is 0 Å². The fraction of sp³-hybridized carbons (Fsp3) is 0.625. The van der Waals surface area contributed by atoms with E-state index in [9.17, 15) is 10.4 Å². The molecular formula is C24H27NO. The molecule has 6 atom stereocenters. The molecule has 1 aromatic carbocycles. The molecule has 26 heavy (non-hydrogen) atoms. The zero-order valence-corrected chi connectivity index (χ0v) is 15.5. The van der Waals surface area contributed by atoms with Gasteiger partial charge in [-0.2, -0.15) is 5.26 Å². The predicted octanol–water partition coefficient (Wildman–Crippen LogP) is 4.41. The Morgan fingerprint density at radius 2 is 2.00 bits per heavy atom. The topological polar surface area (TPSA) is 44.0 Å². The maximum Gasteiger partial charge on any atom is 0.0994 e. The van der Waals surface area contributed by atoms with Crippen molar-refractivity contribution in [2.24, 2.45) is 29.1 Å². The first kappa shape index (κ1) is 16.4. The van der Waals surface area contributed by atoms with Gasteiger partial charge in [0.15, 0.2) is 0 Å². The van der Waals surface area contributed by atoms with Gasteiger partial charge in [-0.05, 0) is 85.3 Å². The molecule has 0 saturated heterocycles. The summed E-state index contributed by atoms with van der Waals surface area (Å²) in [6.45, 7) is 2.32. The van der Waals surface area contributed by atoms with Crippen molar-refractivity contribution in [1.29, 1.82) is 5.26 Å². The molecule has 2 heteroatoms. The van der Waals surface area contributed by atoms with Gasteiger partial charge in [0.2, 0.25) is 0 Å². The van der Waals surface area contributed by atoms with Gasteiger partial charge in [-0.1, -0.05) is 30.9 Å². The third-order valence-corrected chi connectivity index (χ3v) is 7.95. The smallest absolute Gasteiger partial charge is 0.0994 e. The monoisotopic (exact) mass is 345 g/mol. The Balaban J connectivity index is 1.47. The molecule has 0 aliphatic heterocycles. The molecule has 4 aliphatic rings. The van der Waals surface area contributed by atoms with Crippen LogP contribution in [-0.2, 0) is 6.42 Å². The number of hydrogen-bond acceptors (Lipinski definition) is 2. The molecule has 0 aromatic heterocycles. The average Bonchev–Trinajstić information content (AvgIpc) is 3.45. The van der Waals surface area contributed by atoms with Gasteiger partial charge in [0, 0.05) is 11.8 Å². The maximum absolute atomic E-state index is 11.1. The van der Waals surface area contributed by atoms with Crippen LogP contribution in [0.5, 0.6) is 0 Å². The number of nitrogens with zero attached hydrogens (tertiary/aromatic N) is 1. The van der Waals surface area contributed by atoms with Crippen molar-refractivity contribution in [3.63, 3.8) is 0 Å². The van der Waals surface area contributed by atoms with Gasteiger partial charge in [0.25, 0.3) is 0 Å². The number of benzene rings is 1. The van der Waals surface area contributed by atoms with E-state index in [1.165, 1.54) is 24.0 Å². The number of hydrogen-bond donors (Lipinski definition) is 1. The van der Waals surface area contributed by atoms with E-state index in [4.69, 9.17) is 0 Å². The third-order valence-electron chi connectivity index (χ3n) is 7.95. The predicted molar refractivity (Wildman–Crippen MR) is 101 cm³/mol. The van der Waals surface area contributed by atoms with Gasteiger partial charge >= 0.3 is 0 Å². The Morgan fingerprint density at radius 3 is 2.77 bits per heavy atom. The summed E-state index contributed by atoms with van der Waals surface area (Å²) >= 11 is 0. The Hall–Kier alpha value is -1.77. The van der Waals surface area contributed by atoms with Crippen molar-refractivity contribution < 1.29 is 5.11 Å². The minimum Gasteiger partial charge on any atom is -0.391 e. The van der Waals surface area contributed by atoms with Crippen LogP contribution in [0.2, 0.25) is 0 Å². The minimum absolute atomic E-state index is 0.0222. The fourth-order valence-corrected chi connectivity index (χ4v) is 6.33. The second kappa shape index (κ2) is 5.87. The van der Waals surface area contributed by atoms with Crippen molar-refractivity contribution in [1.82, 2.24) is 0 Å². The Morgan fingerprint density at radius 1 is 1.15 bits per heavy atom. The number of fused-ring (bicyclic) bond motifs is 5. The van der Waals surface area contributed by atoms with Crippen molar-refractivity contribution in [3.05, 3.63) is 34.9 Å². The third kappa shape index (κ3) is 2.35. The van der Waals surface area contributed by atoms with Gasteiger partial charge in [0.05, 0.1) is 17.7 Å². The Labute approximate surface area is 156 Å². The van der Waals surface area contributed by atoms with Crippen LogP contribution in [-0.4, -0.2) is 11.2 Å². The zero-order valence-electron chi connectivity index (χ0n) is 15.5. The largest absolute Gasteiger partial charge is 0.391 e. The highest BCUT2D eigenvalue weighted by Gasteiger charge is 2.57. The van der Waals surface area contributed by atoms with E-state index < -0.39 is 0 Å². The molecule has 0 amide bonds. The van der Waals surface area contributed by atoms with E-state index in [0.29, 0.717) is 23.7 Å². The van der Waals surface area contributed by atoms with E-state index in [1.807, 2.05) is 6.07 Å². The summed E-state index contributed by atoms with van der Waals surface area (Å²) in [6, 6.07) is 8.67. The minimum atomic E-state index is -0.272. The van der Waals surface area contributed by atoms with Crippen LogP contribution < -0.4 is 0 Å². The highest BCUT2D eigenvalue weighted by atomic mass is 16.3. The number of nitriles is 1. The van der Waals surface area contributed by atoms with E-state index in [0.717, 1.165) is 37.7 Å². The second-order valence-electron chi connectivity index (χ2n) is 9.30. The van der Waals surface area contributed by atoms with Crippen LogP contribution in [0, 0.1) is 52.3 Å². The molecule has 0 radical (unpaired) electrons. The van der Waals surface area contributed by atoms with Crippen LogP contribution in [0.3, 0.4) is 0 Å². The van der Waals surface area contributed by atoms with Crippen molar-refractivity contribution in [2.75, 3.05) is 0 Å². The summed E-state index contributed by atoms with van der Waals surface area (Å²) in [5.41, 5.74) is 3.61. The van der Waals surface area contributed by atoms with Crippen LogP contribution in [0.4, 0.5) is 0 Å². The first-order valence-electron chi connectivity index (χ1n) is 10.3. The lowest BCUT2D eigenvalue weighted by molar-refractivity contribution is -0.0278. The average molecular weight is 345 g/mol. The summed E-state index contributed by atoms with van der Waals surface area (Å²) in [5, 5.41) is 20.6.